The summed E-state index contributed by atoms with van der Waals surface area (Å²) >= 11 is 0. The van der Waals surface area contributed by atoms with E-state index in [0.717, 1.165) is 5.56 Å². The molecule has 0 bridgehead atoms. The monoisotopic (exact) mass is 261 g/mol. The van der Waals surface area contributed by atoms with Crippen LogP contribution in [0.15, 0.2) is 24.4 Å². The smallest absolute Gasteiger partial charge is 0.272 e. The molecule has 0 amide bonds. The molecule has 7 heteroatoms. The molecule has 0 saturated heterocycles. The van der Waals surface area contributed by atoms with Gasteiger partial charge < -0.3 is 5.73 Å². The van der Waals surface area contributed by atoms with Crippen molar-refractivity contribution in [1.82, 2.24) is 15.0 Å². The van der Waals surface area contributed by atoms with Crippen molar-refractivity contribution < 1.29 is 4.92 Å². The van der Waals surface area contributed by atoms with Gasteiger partial charge in [-0.2, -0.15) is 0 Å². The first-order chi connectivity index (χ1) is 8.99. The third-order valence-electron chi connectivity index (χ3n) is 2.97. The number of nitrogens with zero attached hydrogens (tertiary/aromatic N) is 4. The molecule has 0 fully saturated rings. The van der Waals surface area contributed by atoms with Crippen molar-refractivity contribution >= 4 is 5.69 Å². The molecule has 19 heavy (non-hydrogen) atoms. The van der Waals surface area contributed by atoms with E-state index in [4.69, 9.17) is 5.73 Å². The van der Waals surface area contributed by atoms with Gasteiger partial charge in [0.25, 0.3) is 5.69 Å². The SMILES string of the molecule is Cc1c(Cn2cc(C(C)N)nn2)cccc1[N+](=O)[O-]. The first-order valence-corrected chi connectivity index (χ1v) is 5.87. The Morgan fingerprint density at radius 1 is 1.53 bits per heavy atom. The van der Waals surface area contributed by atoms with Crippen LogP contribution in [0.25, 0.3) is 0 Å². The molecule has 2 rings (SSSR count). The zero-order valence-corrected chi connectivity index (χ0v) is 10.8. The van der Waals surface area contributed by atoms with Crippen LogP contribution in [0.3, 0.4) is 0 Å². The van der Waals surface area contributed by atoms with Crippen molar-refractivity contribution in [3.8, 4) is 0 Å². The van der Waals surface area contributed by atoms with E-state index in [1.807, 2.05) is 13.0 Å². The number of nitro groups is 1. The maximum Gasteiger partial charge on any atom is 0.272 e. The van der Waals surface area contributed by atoms with Gasteiger partial charge in [-0.15, -0.1) is 5.10 Å². The van der Waals surface area contributed by atoms with Crippen molar-refractivity contribution in [2.45, 2.75) is 26.4 Å². The zero-order valence-electron chi connectivity index (χ0n) is 10.8. The summed E-state index contributed by atoms with van der Waals surface area (Å²) in [6.07, 6.45) is 1.75. The Bertz CT molecular complexity index is 606. The largest absolute Gasteiger partial charge is 0.323 e. The highest BCUT2D eigenvalue weighted by Gasteiger charge is 2.14. The molecule has 2 N–H and O–H groups in total. The summed E-state index contributed by atoms with van der Waals surface area (Å²) in [6.45, 7) is 4.00. The highest BCUT2D eigenvalue weighted by atomic mass is 16.6. The molecule has 1 aromatic heterocycles. The number of nitrogens with two attached hydrogens (primary N) is 1. The van der Waals surface area contributed by atoms with Gasteiger partial charge in [-0.1, -0.05) is 17.3 Å². The third kappa shape index (κ3) is 2.76. The lowest BCUT2D eigenvalue weighted by Crippen LogP contribution is -2.05. The topological polar surface area (TPSA) is 99.9 Å². The molecule has 100 valence electrons. The third-order valence-corrected chi connectivity index (χ3v) is 2.97. The summed E-state index contributed by atoms with van der Waals surface area (Å²) in [6, 6.07) is 4.83. The Balaban J connectivity index is 2.28. The maximum absolute atomic E-state index is 10.9. The molecule has 0 aliphatic heterocycles. The predicted molar refractivity (Wildman–Crippen MR) is 69.6 cm³/mol. The van der Waals surface area contributed by atoms with Crippen molar-refractivity contribution in [2.75, 3.05) is 0 Å². The van der Waals surface area contributed by atoms with Crippen LogP contribution in [0.2, 0.25) is 0 Å². The number of rotatable bonds is 4. The highest BCUT2D eigenvalue weighted by molar-refractivity contribution is 5.44. The maximum atomic E-state index is 10.9. The standard InChI is InChI=1S/C12H15N5O2/c1-8-10(4-3-5-12(8)17(18)19)6-16-7-11(9(2)13)14-15-16/h3-5,7,9H,6,13H2,1-2H3. The average molecular weight is 261 g/mol. The van der Waals surface area contributed by atoms with Gasteiger partial charge in [0.15, 0.2) is 0 Å². The Kier molecular flexibility index (Phi) is 3.57. The minimum atomic E-state index is -0.381. The van der Waals surface area contributed by atoms with Gasteiger partial charge in [-0.05, 0) is 19.4 Å². The summed E-state index contributed by atoms with van der Waals surface area (Å²) < 4.78 is 1.63. The quantitative estimate of drug-likeness (QED) is 0.665. The van der Waals surface area contributed by atoms with Crippen LogP contribution in [0.5, 0.6) is 0 Å². The Morgan fingerprint density at radius 3 is 2.84 bits per heavy atom. The van der Waals surface area contributed by atoms with Crippen molar-refractivity contribution in [1.29, 1.82) is 0 Å². The summed E-state index contributed by atoms with van der Waals surface area (Å²) in [5, 5.41) is 18.8. The lowest BCUT2D eigenvalue weighted by atomic mass is 10.1. The molecular formula is C12H15N5O2. The second-order valence-corrected chi connectivity index (χ2v) is 4.45. The molecule has 7 nitrogen and oxygen atoms in total. The van der Waals surface area contributed by atoms with Gasteiger partial charge in [-0.3, -0.25) is 10.1 Å². The summed E-state index contributed by atoms with van der Waals surface area (Å²) in [5.41, 5.74) is 8.01. The first-order valence-electron chi connectivity index (χ1n) is 5.87. The van der Waals surface area contributed by atoms with Crippen LogP contribution in [0.1, 0.15) is 29.8 Å². The molecule has 0 aliphatic rings. The molecule has 0 spiro atoms. The molecule has 1 heterocycles. The molecule has 0 saturated carbocycles. The molecule has 1 unspecified atom stereocenters. The van der Waals surface area contributed by atoms with E-state index < -0.39 is 0 Å². The lowest BCUT2D eigenvalue weighted by molar-refractivity contribution is -0.385. The molecule has 1 aromatic carbocycles. The van der Waals surface area contributed by atoms with E-state index >= 15 is 0 Å². The van der Waals surface area contributed by atoms with Gasteiger partial charge in [-0.25, -0.2) is 4.68 Å². The Hall–Kier alpha value is -2.28. The van der Waals surface area contributed by atoms with Gasteiger partial charge in [0, 0.05) is 17.7 Å². The lowest BCUT2D eigenvalue weighted by Gasteiger charge is -2.05. The van der Waals surface area contributed by atoms with Gasteiger partial charge in [0.2, 0.25) is 0 Å². The fourth-order valence-electron chi connectivity index (χ4n) is 1.81. The van der Waals surface area contributed by atoms with E-state index in [1.54, 1.807) is 23.9 Å². The normalized spacial score (nSPS) is 12.4. The summed E-state index contributed by atoms with van der Waals surface area (Å²) in [4.78, 5) is 10.5. The molecular weight excluding hydrogens is 246 g/mol. The number of aromatic nitrogens is 3. The van der Waals surface area contributed by atoms with Crippen LogP contribution in [-0.2, 0) is 6.54 Å². The minimum Gasteiger partial charge on any atom is -0.323 e. The van der Waals surface area contributed by atoms with E-state index in [-0.39, 0.29) is 16.7 Å². The fourth-order valence-corrected chi connectivity index (χ4v) is 1.81. The highest BCUT2D eigenvalue weighted by Crippen LogP contribution is 2.21. The predicted octanol–water partition coefficient (Wildman–Crippen LogP) is 1.56. The minimum absolute atomic E-state index is 0.116. The molecule has 2 aromatic rings. The van der Waals surface area contributed by atoms with Crippen LogP contribution in [0, 0.1) is 17.0 Å². The molecule has 0 radical (unpaired) electrons. The van der Waals surface area contributed by atoms with Gasteiger partial charge in [0.1, 0.15) is 0 Å². The van der Waals surface area contributed by atoms with Crippen molar-refractivity contribution in [3.63, 3.8) is 0 Å². The zero-order chi connectivity index (χ0) is 14.0. The van der Waals surface area contributed by atoms with E-state index in [9.17, 15) is 10.1 Å². The number of benzene rings is 1. The number of hydrogen-bond donors (Lipinski definition) is 1. The van der Waals surface area contributed by atoms with E-state index in [0.29, 0.717) is 17.8 Å². The Labute approximate surface area is 110 Å². The number of hydrogen-bond acceptors (Lipinski definition) is 5. The number of nitro benzene ring substituents is 1. The van der Waals surface area contributed by atoms with Crippen molar-refractivity contribution in [3.05, 3.63) is 51.3 Å². The first kappa shape index (κ1) is 13.2. The van der Waals surface area contributed by atoms with Crippen LogP contribution >= 0.6 is 0 Å². The van der Waals surface area contributed by atoms with Gasteiger partial charge in [0.05, 0.1) is 23.4 Å². The molecule has 1 atom stereocenters. The average Bonchev–Trinajstić information content (AvgIpc) is 2.80. The van der Waals surface area contributed by atoms with Crippen LogP contribution in [0.4, 0.5) is 5.69 Å². The van der Waals surface area contributed by atoms with Crippen molar-refractivity contribution in [2.24, 2.45) is 5.73 Å². The van der Waals surface area contributed by atoms with E-state index in [1.165, 1.54) is 6.07 Å². The summed E-state index contributed by atoms with van der Waals surface area (Å²) in [7, 11) is 0. The van der Waals surface area contributed by atoms with Crippen LogP contribution < -0.4 is 5.73 Å². The summed E-state index contributed by atoms with van der Waals surface area (Å²) in [5.74, 6) is 0. The second kappa shape index (κ2) is 5.15. The second-order valence-electron chi connectivity index (χ2n) is 4.45. The van der Waals surface area contributed by atoms with Gasteiger partial charge >= 0.3 is 0 Å². The van der Waals surface area contributed by atoms with Crippen LogP contribution in [-0.4, -0.2) is 19.9 Å². The van der Waals surface area contributed by atoms with E-state index in [2.05, 4.69) is 10.3 Å². The Morgan fingerprint density at radius 2 is 2.26 bits per heavy atom. The molecule has 0 aliphatic carbocycles. The fraction of sp³-hybridized carbons (Fsp3) is 0.333.